The van der Waals surface area contributed by atoms with Crippen molar-refractivity contribution >= 4 is 40.4 Å². The number of nitrogens with two attached hydrogens (primary N) is 1. The number of non-ortho nitro benzene ring substituents is 1. The number of para-hydroxylation sites is 1. The molecule has 0 amide bonds. The summed E-state index contributed by atoms with van der Waals surface area (Å²) in [5.74, 6) is -2.27. The van der Waals surface area contributed by atoms with Gasteiger partial charge in [-0.2, -0.15) is 0 Å². The number of ether oxygens (including phenoxy) is 1. The van der Waals surface area contributed by atoms with Crippen molar-refractivity contribution in [1.82, 2.24) is 0 Å². The number of aromatic carboxylic acids is 1. The van der Waals surface area contributed by atoms with Crippen LogP contribution in [0.2, 0.25) is 0 Å². The predicted molar refractivity (Wildman–Crippen MR) is 153 cm³/mol. The Morgan fingerprint density at radius 3 is 2.07 bits per heavy atom. The lowest BCUT2D eigenvalue weighted by molar-refractivity contribution is -0.384. The highest BCUT2D eigenvalue weighted by atomic mass is 16.6. The molecule has 0 bridgehead atoms. The van der Waals surface area contributed by atoms with Crippen molar-refractivity contribution in [1.29, 1.82) is 0 Å². The molecule has 0 aliphatic carbocycles. The molecule has 4 rings (SSSR count). The van der Waals surface area contributed by atoms with Gasteiger partial charge < -0.3 is 25.8 Å². The molecule has 0 aliphatic heterocycles. The number of nitro benzene ring substituents is 1. The Balaban J connectivity index is 0.000000216. The Hall–Kier alpha value is -5.55. The number of aliphatic carboxylic acids is 2. The number of rotatable bonds is 8. The summed E-state index contributed by atoms with van der Waals surface area (Å²) >= 11 is 0. The Morgan fingerprint density at radius 1 is 0.902 bits per heavy atom. The van der Waals surface area contributed by atoms with E-state index in [-0.39, 0.29) is 12.1 Å². The highest BCUT2D eigenvalue weighted by Crippen LogP contribution is 2.18. The zero-order chi connectivity index (χ0) is 30.4. The third kappa shape index (κ3) is 10.6. The van der Waals surface area contributed by atoms with Crippen LogP contribution in [0.4, 0.5) is 5.69 Å². The van der Waals surface area contributed by atoms with Crippen molar-refractivity contribution in [2.24, 2.45) is 5.73 Å². The van der Waals surface area contributed by atoms with Crippen LogP contribution >= 0.6 is 0 Å². The fourth-order valence-corrected chi connectivity index (χ4v) is 3.38. The Bertz CT molecular complexity index is 1530. The van der Waals surface area contributed by atoms with Crippen molar-refractivity contribution in [3.8, 4) is 5.75 Å². The summed E-state index contributed by atoms with van der Waals surface area (Å²) in [6, 6.07) is 24.7. The summed E-state index contributed by atoms with van der Waals surface area (Å²) in [5, 5.41) is 38.1. The first-order valence-corrected chi connectivity index (χ1v) is 12.0. The van der Waals surface area contributed by atoms with Gasteiger partial charge in [-0.1, -0.05) is 60.7 Å². The van der Waals surface area contributed by atoms with Gasteiger partial charge in [-0.15, -0.1) is 0 Å². The van der Waals surface area contributed by atoms with Gasteiger partial charge >= 0.3 is 17.9 Å². The maximum atomic E-state index is 10.6. The van der Waals surface area contributed by atoms with Crippen LogP contribution in [0.15, 0.2) is 97.1 Å². The Morgan fingerprint density at radius 2 is 1.51 bits per heavy atom. The molecule has 4 aromatic rings. The number of nitrogens with zero attached hydrogens (tertiary/aromatic N) is 1. The summed E-state index contributed by atoms with van der Waals surface area (Å²) in [5.41, 5.74) is 7.04. The smallest absolute Gasteiger partial charge is 0.335 e. The molecule has 212 valence electrons. The average molecular weight is 561 g/mol. The number of carbonyl (C=O) groups is 3. The summed E-state index contributed by atoms with van der Waals surface area (Å²) < 4.78 is 5.03. The zero-order valence-electron chi connectivity index (χ0n) is 21.9. The maximum absolute atomic E-state index is 10.6. The molecule has 0 radical (unpaired) electrons. The van der Waals surface area contributed by atoms with Crippen LogP contribution in [0.1, 0.15) is 21.5 Å². The molecule has 11 heteroatoms. The number of hydrogen-bond acceptors (Lipinski definition) is 7. The standard InChI is InChI=1S/C11H8O2.C10H10O3.C9H10N2O4/c12-11(13)10-6-5-8-3-1-2-4-9(8)7-10;1-13-9-5-3-2-4-8(9)6-7-10(11)12;10-8(9(12)13)5-6-1-3-7(4-2-6)11(14)15/h1-7H,(H,12,13);2-7H,1H3,(H,11,12);1-4,8H,5,10H2,(H,12,13)/t;;8-/m..0/s1. The number of methoxy groups -OCH3 is 1. The summed E-state index contributed by atoms with van der Waals surface area (Å²) in [7, 11) is 1.55. The number of carboxylic acid groups (broad SMARTS) is 3. The molecule has 0 unspecified atom stereocenters. The minimum Gasteiger partial charge on any atom is -0.496 e. The molecule has 0 spiro atoms. The molecule has 0 fully saturated rings. The van der Waals surface area contributed by atoms with Gasteiger partial charge in [-0.25, -0.2) is 9.59 Å². The molecule has 0 saturated heterocycles. The van der Waals surface area contributed by atoms with Gasteiger partial charge in [0.1, 0.15) is 11.8 Å². The second kappa shape index (κ2) is 15.8. The quantitative estimate of drug-likeness (QED) is 0.131. The van der Waals surface area contributed by atoms with Gasteiger partial charge in [0.15, 0.2) is 0 Å². The van der Waals surface area contributed by atoms with E-state index in [4.69, 9.17) is 25.8 Å². The lowest BCUT2D eigenvalue weighted by Gasteiger charge is -2.05. The third-order valence-electron chi connectivity index (χ3n) is 5.46. The second-order valence-corrected chi connectivity index (χ2v) is 8.35. The monoisotopic (exact) mass is 560 g/mol. The molecule has 0 aromatic heterocycles. The molecular formula is C30H28N2O9. The van der Waals surface area contributed by atoms with Crippen LogP contribution in [-0.2, 0) is 16.0 Å². The minimum atomic E-state index is -1.09. The van der Waals surface area contributed by atoms with Crippen molar-refractivity contribution in [3.63, 3.8) is 0 Å². The van der Waals surface area contributed by atoms with Crippen LogP contribution in [0, 0.1) is 10.1 Å². The van der Waals surface area contributed by atoms with Crippen LogP contribution in [0.5, 0.6) is 5.75 Å². The van der Waals surface area contributed by atoms with Crippen LogP contribution < -0.4 is 10.5 Å². The van der Waals surface area contributed by atoms with Crippen LogP contribution in [-0.4, -0.2) is 51.3 Å². The van der Waals surface area contributed by atoms with Gasteiger partial charge in [0.2, 0.25) is 0 Å². The SMILES string of the molecule is COc1ccccc1C=CC(=O)O.N[C@@H](Cc1ccc([N+](=O)[O-])cc1)C(=O)O.O=C(O)c1ccc2ccccc2c1. The Labute approximate surface area is 234 Å². The molecule has 0 saturated carbocycles. The van der Waals surface area contributed by atoms with Gasteiger partial charge in [0, 0.05) is 23.8 Å². The molecule has 5 N–H and O–H groups in total. The third-order valence-corrected chi connectivity index (χ3v) is 5.46. The van der Waals surface area contributed by atoms with E-state index in [1.165, 1.54) is 30.3 Å². The molecule has 11 nitrogen and oxygen atoms in total. The van der Waals surface area contributed by atoms with Crippen molar-refractivity contribution in [2.75, 3.05) is 7.11 Å². The first kappa shape index (κ1) is 31.7. The van der Waals surface area contributed by atoms with E-state index in [1.54, 1.807) is 31.4 Å². The molecule has 0 aliphatic rings. The van der Waals surface area contributed by atoms with E-state index in [9.17, 15) is 24.5 Å². The van der Waals surface area contributed by atoms with E-state index < -0.39 is 28.9 Å². The first-order chi connectivity index (χ1) is 19.5. The largest absolute Gasteiger partial charge is 0.496 e. The van der Waals surface area contributed by atoms with Gasteiger partial charge in [0.05, 0.1) is 17.6 Å². The number of carboxylic acids is 3. The number of fused-ring (bicyclic) bond motifs is 1. The van der Waals surface area contributed by atoms with Crippen molar-refractivity contribution < 1.29 is 39.4 Å². The van der Waals surface area contributed by atoms with E-state index in [2.05, 4.69) is 0 Å². The van der Waals surface area contributed by atoms with E-state index >= 15 is 0 Å². The number of nitro groups is 1. The Kier molecular flexibility index (Phi) is 12.2. The van der Waals surface area contributed by atoms with Crippen molar-refractivity contribution in [3.05, 3.63) is 124 Å². The highest BCUT2D eigenvalue weighted by molar-refractivity contribution is 5.94. The molecule has 4 aromatic carbocycles. The van der Waals surface area contributed by atoms with Crippen molar-refractivity contribution in [2.45, 2.75) is 12.5 Å². The minimum absolute atomic E-state index is 0.0253. The van der Waals surface area contributed by atoms with E-state index in [0.717, 1.165) is 22.4 Å². The van der Waals surface area contributed by atoms with Crippen LogP contribution in [0.3, 0.4) is 0 Å². The van der Waals surface area contributed by atoms with Gasteiger partial charge in [0.25, 0.3) is 5.69 Å². The van der Waals surface area contributed by atoms with Crippen LogP contribution in [0.25, 0.3) is 16.8 Å². The van der Waals surface area contributed by atoms with Gasteiger partial charge in [-0.3, -0.25) is 14.9 Å². The first-order valence-electron chi connectivity index (χ1n) is 12.0. The zero-order valence-corrected chi connectivity index (χ0v) is 21.9. The van der Waals surface area contributed by atoms with Gasteiger partial charge in [-0.05, 0) is 47.0 Å². The molecule has 41 heavy (non-hydrogen) atoms. The fraction of sp³-hybridized carbons (Fsp3) is 0.100. The number of benzene rings is 4. The molecule has 1 atom stereocenters. The van der Waals surface area contributed by atoms with E-state index in [0.29, 0.717) is 16.9 Å². The number of hydrogen-bond donors (Lipinski definition) is 4. The molecule has 0 heterocycles. The second-order valence-electron chi connectivity index (χ2n) is 8.35. The van der Waals surface area contributed by atoms with E-state index in [1.807, 2.05) is 42.5 Å². The topological polar surface area (TPSA) is 190 Å². The summed E-state index contributed by atoms with van der Waals surface area (Å²) in [6.45, 7) is 0. The predicted octanol–water partition coefficient (Wildman–Crippen LogP) is 4.88. The lowest BCUT2D eigenvalue weighted by atomic mass is 10.1. The normalized spacial score (nSPS) is 10.9. The average Bonchev–Trinajstić information content (AvgIpc) is 2.96. The molecular weight excluding hydrogens is 532 g/mol. The fourth-order valence-electron chi connectivity index (χ4n) is 3.38. The highest BCUT2D eigenvalue weighted by Gasteiger charge is 2.13. The summed E-state index contributed by atoms with van der Waals surface area (Å²) in [4.78, 5) is 41.2. The maximum Gasteiger partial charge on any atom is 0.335 e. The lowest BCUT2D eigenvalue weighted by Crippen LogP contribution is -2.32. The summed E-state index contributed by atoms with van der Waals surface area (Å²) in [6.07, 6.45) is 2.74.